The lowest BCUT2D eigenvalue weighted by atomic mass is 10.1. The van der Waals surface area contributed by atoms with Crippen molar-refractivity contribution in [2.24, 2.45) is 0 Å². The summed E-state index contributed by atoms with van der Waals surface area (Å²) in [5, 5.41) is 3.05. The van der Waals surface area contributed by atoms with Crippen molar-refractivity contribution < 1.29 is 9.13 Å². The minimum absolute atomic E-state index is 0.124. The molecule has 0 unspecified atom stereocenters. The molecule has 94 valence electrons. The number of hydrogen-bond donors (Lipinski definition) is 1. The Morgan fingerprint density at radius 1 is 1.22 bits per heavy atom. The Hall–Kier alpha value is -1.94. The third-order valence-corrected chi connectivity index (χ3v) is 2.60. The number of methoxy groups -OCH3 is 1. The second kappa shape index (κ2) is 6.12. The molecule has 1 aromatic heterocycles. The van der Waals surface area contributed by atoms with Crippen molar-refractivity contribution in [3.8, 4) is 0 Å². The normalized spacial score (nSPS) is 12.1. The van der Waals surface area contributed by atoms with Crippen LogP contribution in [0.3, 0.4) is 0 Å². The number of benzene rings is 1. The highest BCUT2D eigenvalue weighted by atomic mass is 19.1. The average molecular weight is 246 g/mol. The maximum atomic E-state index is 13.5. The highest BCUT2D eigenvalue weighted by molar-refractivity contribution is 5.39. The molecule has 0 aliphatic heterocycles. The summed E-state index contributed by atoms with van der Waals surface area (Å²) >= 11 is 0. The first-order chi connectivity index (χ1) is 8.81. The number of nitrogens with one attached hydrogen (secondary N) is 1. The van der Waals surface area contributed by atoms with Gasteiger partial charge in [0.15, 0.2) is 11.6 Å². The predicted molar refractivity (Wildman–Crippen MR) is 68.9 cm³/mol. The van der Waals surface area contributed by atoms with E-state index < -0.39 is 0 Å². The lowest BCUT2D eigenvalue weighted by Gasteiger charge is -2.19. The van der Waals surface area contributed by atoms with E-state index in [9.17, 15) is 4.39 Å². The number of rotatable bonds is 5. The first-order valence-corrected chi connectivity index (χ1v) is 5.72. The monoisotopic (exact) mass is 246 g/mol. The van der Waals surface area contributed by atoms with E-state index in [-0.39, 0.29) is 17.7 Å². The quantitative estimate of drug-likeness (QED) is 0.880. The van der Waals surface area contributed by atoms with Crippen LogP contribution in [0.1, 0.15) is 11.6 Å². The molecule has 1 aromatic carbocycles. The molecule has 0 saturated carbocycles. The van der Waals surface area contributed by atoms with Gasteiger partial charge >= 0.3 is 0 Å². The van der Waals surface area contributed by atoms with Crippen LogP contribution >= 0.6 is 0 Å². The summed E-state index contributed by atoms with van der Waals surface area (Å²) in [6.45, 7) is 0.444. The maximum absolute atomic E-state index is 13.5. The lowest BCUT2D eigenvalue weighted by Crippen LogP contribution is -2.17. The molecule has 0 radical (unpaired) electrons. The van der Waals surface area contributed by atoms with Gasteiger partial charge in [-0.2, -0.15) is 0 Å². The van der Waals surface area contributed by atoms with Crippen molar-refractivity contribution in [3.05, 3.63) is 60.0 Å². The minimum atomic E-state index is -0.366. The highest BCUT2D eigenvalue weighted by Crippen LogP contribution is 2.20. The second-order valence-corrected chi connectivity index (χ2v) is 3.90. The number of aromatic nitrogens is 1. The standard InChI is InChI=1S/C14H15FN2O/c1-18-10-13(11-6-3-2-4-7-11)17-14-12(15)8-5-9-16-14/h2-9,13H,10H2,1H3,(H,16,17)/t13-/m1/s1. The van der Waals surface area contributed by atoms with Crippen LogP contribution in [-0.4, -0.2) is 18.7 Å². The smallest absolute Gasteiger partial charge is 0.165 e. The molecule has 2 rings (SSSR count). The molecular weight excluding hydrogens is 231 g/mol. The summed E-state index contributed by atoms with van der Waals surface area (Å²) in [6.07, 6.45) is 1.56. The summed E-state index contributed by atoms with van der Waals surface area (Å²) in [7, 11) is 1.62. The fraction of sp³-hybridized carbons (Fsp3) is 0.214. The van der Waals surface area contributed by atoms with E-state index in [4.69, 9.17) is 4.74 Å². The van der Waals surface area contributed by atoms with E-state index in [0.717, 1.165) is 5.56 Å². The average Bonchev–Trinajstić information content (AvgIpc) is 2.42. The molecule has 2 aromatic rings. The van der Waals surface area contributed by atoms with Crippen LogP contribution in [0.4, 0.5) is 10.2 Å². The van der Waals surface area contributed by atoms with Crippen molar-refractivity contribution in [1.29, 1.82) is 0 Å². The molecule has 0 aliphatic rings. The Bertz CT molecular complexity index is 490. The maximum Gasteiger partial charge on any atom is 0.165 e. The van der Waals surface area contributed by atoms with Crippen LogP contribution in [0.25, 0.3) is 0 Å². The largest absolute Gasteiger partial charge is 0.382 e. The molecule has 0 spiro atoms. The third kappa shape index (κ3) is 3.05. The van der Waals surface area contributed by atoms with Crippen LogP contribution < -0.4 is 5.32 Å². The van der Waals surface area contributed by atoms with Gasteiger partial charge in [-0.15, -0.1) is 0 Å². The predicted octanol–water partition coefficient (Wildman–Crippen LogP) is 3.02. The van der Waals surface area contributed by atoms with Crippen LogP contribution in [0.15, 0.2) is 48.7 Å². The third-order valence-electron chi connectivity index (χ3n) is 2.60. The molecule has 18 heavy (non-hydrogen) atoms. The van der Waals surface area contributed by atoms with Crippen molar-refractivity contribution >= 4 is 5.82 Å². The number of halogens is 1. The zero-order valence-electron chi connectivity index (χ0n) is 10.1. The SMILES string of the molecule is COC[C@@H](Nc1ncccc1F)c1ccccc1. The van der Waals surface area contributed by atoms with E-state index in [1.165, 1.54) is 6.07 Å². The summed E-state index contributed by atoms with van der Waals surface area (Å²) in [5.74, 6) is -0.127. The van der Waals surface area contributed by atoms with Crippen LogP contribution in [0.2, 0.25) is 0 Å². The number of nitrogens with zero attached hydrogens (tertiary/aromatic N) is 1. The van der Waals surface area contributed by atoms with E-state index >= 15 is 0 Å². The van der Waals surface area contributed by atoms with Crippen molar-refractivity contribution in [2.75, 3.05) is 19.0 Å². The molecule has 0 bridgehead atoms. The van der Waals surface area contributed by atoms with Gasteiger partial charge < -0.3 is 10.1 Å². The number of hydrogen-bond acceptors (Lipinski definition) is 3. The highest BCUT2D eigenvalue weighted by Gasteiger charge is 2.13. The molecule has 0 saturated heterocycles. The van der Waals surface area contributed by atoms with Gasteiger partial charge in [-0.05, 0) is 17.7 Å². The Labute approximate surface area is 106 Å². The van der Waals surface area contributed by atoms with Crippen LogP contribution in [-0.2, 0) is 4.74 Å². The van der Waals surface area contributed by atoms with Gasteiger partial charge in [-0.3, -0.25) is 0 Å². The van der Waals surface area contributed by atoms with Gasteiger partial charge in [-0.1, -0.05) is 30.3 Å². The fourth-order valence-electron chi connectivity index (χ4n) is 1.73. The number of pyridine rings is 1. The van der Waals surface area contributed by atoms with Gasteiger partial charge in [0.2, 0.25) is 0 Å². The second-order valence-electron chi connectivity index (χ2n) is 3.90. The lowest BCUT2D eigenvalue weighted by molar-refractivity contribution is 0.186. The Morgan fingerprint density at radius 2 is 2.00 bits per heavy atom. The van der Waals surface area contributed by atoms with E-state index in [1.807, 2.05) is 30.3 Å². The van der Waals surface area contributed by atoms with Gasteiger partial charge in [-0.25, -0.2) is 9.37 Å². The number of anilines is 1. The molecule has 1 heterocycles. The fourth-order valence-corrected chi connectivity index (χ4v) is 1.73. The van der Waals surface area contributed by atoms with Crippen LogP contribution in [0.5, 0.6) is 0 Å². The summed E-state index contributed by atoms with van der Waals surface area (Å²) in [4.78, 5) is 3.98. The molecule has 1 atom stereocenters. The molecular formula is C14H15FN2O. The topological polar surface area (TPSA) is 34.1 Å². The molecule has 4 heteroatoms. The molecule has 3 nitrogen and oxygen atoms in total. The molecule has 0 amide bonds. The van der Waals surface area contributed by atoms with Gasteiger partial charge in [0, 0.05) is 13.3 Å². The van der Waals surface area contributed by atoms with Crippen molar-refractivity contribution in [1.82, 2.24) is 4.98 Å². The van der Waals surface area contributed by atoms with Crippen molar-refractivity contribution in [2.45, 2.75) is 6.04 Å². The zero-order valence-corrected chi connectivity index (χ0v) is 10.1. The van der Waals surface area contributed by atoms with Crippen LogP contribution in [0, 0.1) is 5.82 Å². The van der Waals surface area contributed by atoms with Gasteiger partial charge in [0.05, 0.1) is 12.6 Å². The summed E-state index contributed by atoms with van der Waals surface area (Å²) in [6, 6.07) is 12.6. The zero-order chi connectivity index (χ0) is 12.8. The molecule has 1 N–H and O–H groups in total. The van der Waals surface area contributed by atoms with E-state index in [1.54, 1.807) is 19.4 Å². The van der Waals surface area contributed by atoms with Gasteiger partial charge in [0.1, 0.15) is 0 Å². The minimum Gasteiger partial charge on any atom is -0.382 e. The number of ether oxygens (including phenoxy) is 1. The summed E-state index contributed by atoms with van der Waals surface area (Å²) in [5.41, 5.74) is 1.03. The first-order valence-electron chi connectivity index (χ1n) is 5.72. The Morgan fingerprint density at radius 3 is 2.67 bits per heavy atom. The molecule has 0 aliphatic carbocycles. The Kier molecular flexibility index (Phi) is 4.25. The van der Waals surface area contributed by atoms with E-state index in [2.05, 4.69) is 10.3 Å². The van der Waals surface area contributed by atoms with E-state index in [0.29, 0.717) is 6.61 Å². The Balaban J connectivity index is 2.19. The molecule has 0 fully saturated rings. The first kappa shape index (κ1) is 12.5. The van der Waals surface area contributed by atoms with Crippen molar-refractivity contribution in [3.63, 3.8) is 0 Å². The van der Waals surface area contributed by atoms with Gasteiger partial charge in [0.25, 0.3) is 0 Å². The summed E-state index contributed by atoms with van der Waals surface area (Å²) < 4.78 is 18.7.